The third-order valence-corrected chi connectivity index (χ3v) is 3.73. The molecule has 0 spiro atoms. The lowest BCUT2D eigenvalue weighted by atomic mass is 10.1. The fourth-order valence-corrected chi connectivity index (χ4v) is 2.29. The summed E-state index contributed by atoms with van der Waals surface area (Å²) >= 11 is 5.25. The van der Waals surface area contributed by atoms with Crippen molar-refractivity contribution in [1.82, 2.24) is 30.9 Å². The van der Waals surface area contributed by atoms with E-state index in [1.165, 1.54) is 0 Å². The molecule has 1 heterocycles. The first-order valence-corrected chi connectivity index (χ1v) is 8.09. The van der Waals surface area contributed by atoms with Gasteiger partial charge in [0.1, 0.15) is 6.33 Å². The fraction of sp³-hybridized carbons (Fsp3) is 0.118. The number of benzene rings is 2. The van der Waals surface area contributed by atoms with Crippen molar-refractivity contribution < 1.29 is 0 Å². The van der Waals surface area contributed by atoms with Crippen LogP contribution in [-0.4, -0.2) is 31.0 Å². The summed E-state index contributed by atoms with van der Waals surface area (Å²) in [6.45, 7) is 2.56. The monoisotopic (exact) mass is 351 g/mol. The second kappa shape index (κ2) is 8.11. The minimum Gasteiger partial charge on any atom is -0.357 e. The number of tetrazole rings is 1. The second-order valence-electron chi connectivity index (χ2n) is 5.28. The van der Waals surface area contributed by atoms with E-state index in [0.29, 0.717) is 11.7 Å². The lowest BCUT2D eigenvalue weighted by Gasteiger charge is -2.08. The molecule has 2 N–H and O–H groups in total. The van der Waals surface area contributed by atoms with Gasteiger partial charge in [0.05, 0.1) is 11.4 Å². The van der Waals surface area contributed by atoms with E-state index in [1.54, 1.807) is 11.0 Å². The van der Waals surface area contributed by atoms with Gasteiger partial charge in [-0.3, -0.25) is 5.43 Å². The van der Waals surface area contributed by atoms with Gasteiger partial charge >= 0.3 is 0 Å². The Balaban J connectivity index is 1.60. The van der Waals surface area contributed by atoms with E-state index < -0.39 is 0 Å². The average molecular weight is 351 g/mol. The van der Waals surface area contributed by atoms with Gasteiger partial charge in [0, 0.05) is 6.54 Å². The third-order valence-electron chi connectivity index (χ3n) is 3.50. The number of rotatable bonds is 5. The number of nitrogens with one attached hydrogen (secondary N) is 2. The summed E-state index contributed by atoms with van der Waals surface area (Å²) in [5, 5.41) is 19.1. The van der Waals surface area contributed by atoms with E-state index in [1.807, 2.05) is 61.5 Å². The molecule has 3 rings (SSSR count). The highest BCUT2D eigenvalue weighted by Crippen LogP contribution is 2.09. The Labute approximate surface area is 150 Å². The molecule has 3 aromatic rings. The summed E-state index contributed by atoms with van der Waals surface area (Å²) < 4.78 is 1.59. The predicted molar refractivity (Wildman–Crippen MR) is 100 cm³/mol. The minimum absolute atomic E-state index is 0.472. The Bertz CT molecular complexity index is 860. The van der Waals surface area contributed by atoms with Gasteiger partial charge in [-0.05, 0) is 52.8 Å². The normalized spacial score (nSPS) is 11.2. The summed E-state index contributed by atoms with van der Waals surface area (Å²) in [6.07, 6.45) is 1.55. The van der Waals surface area contributed by atoms with E-state index in [-0.39, 0.29) is 0 Å². The van der Waals surface area contributed by atoms with Gasteiger partial charge in [0.2, 0.25) is 0 Å². The zero-order chi connectivity index (χ0) is 17.5. The number of nitrogens with zero attached hydrogens (tertiary/aromatic N) is 5. The Kier molecular flexibility index (Phi) is 5.43. The van der Waals surface area contributed by atoms with E-state index in [9.17, 15) is 0 Å². The first-order chi connectivity index (χ1) is 12.2. The number of aromatic nitrogens is 4. The molecule has 0 bridgehead atoms. The molecule has 0 unspecified atom stereocenters. The van der Waals surface area contributed by atoms with Gasteiger partial charge in [-0.15, -0.1) is 5.10 Å². The Morgan fingerprint density at radius 2 is 2.00 bits per heavy atom. The zero-order valence-electron chi connectivity index (χ0n) is 13.6. The SMILES string of the molecule is C/C(=N/NC(=S)NCc1ccccc1)c1cccc(-n2cnnn2)c1. The van der Waals surface area contributed by atoms with Crippen LogP contribution in [0.1, 0.15) is 18.1 Å². The Morgan fingerprint density at radius 3 is 2.76 bits per heavy atom. The predicted octanol–water partition coefficient (Wildman–Crippen LogP) is 2.05. The Morgan fingerprint density at radius 1 is 1.16 bits per heavy atom. The van der Waals surface area contributed by atoms with E-state index >= 15 is 0 Å². The van der Waals surface area contributed by atoms with Crippen LogP contribution < -0.4 is 10.7 Å². The third kappa shape index (κ3) is 4.67. The maximum atomic E-state index is 5.25. The van der Waals surface area contributed by atoms with Gasteiger partial charge in [0.15, 0.2) is 5.11 Å². The van der Waals surface area contributed by atoms with E-state index in [2.05, 4.69) is 31.4 Å². The van der Waals surface area contributed by atoms with Crippen LogP contribution in [0.3, 0.4) is 0 Å². The highest BCUT2D eigenvalue weighted by Gasteiger charge is 2.03. The van der Waals surface area contributed by atoms with Crippen molar-refractivity contribution >= 4 is 23.0 Å². The molecule has 1 aromatic heterocycles. The molecule has 0 aliphatic rings. The minimum atomic E-state index is 0.472. The summed E-state index contributed by atoms with van der Waals surface area (Å²) in [4.78, 5) is 0. The molecule has 25 heavy (non-hydrogen) atoms. The molecule has 0 amide bonds. The molecule has 0 saturated heterocycles. The van der Waals surface area contributed by atoms with Crippen LogP contribution in [0.5, 0.6) is 0 Å². The van der Waals surface area contributed by atoms with Crippen molar-refractivity contribution in [3.63, 3.8) is 0 Å². The van der Waals surface area contributed by atoms with Gasteiger partial charge in [-0.25, -0.2) is 4.68 Å². The molecule has 0 saturated carbocycles. The molecular formula is C17H17N7S. The largest absolute Gasteiger partial charge is 0.357 e. The lowest BCUT2D eigenvalue weighted by Crippen LogP contribution is -2.32. The number of hydrogen-bond acceptors (Lipinski definition) is 5. The maximum absolute atomic E-state index is 5.25. The lowest BCUT2D eigenvalue weighted by molar-refractivity contribution is 0.789. The number of hydrogen-bond donors (Lipinski definition) is 2. The number of hydrazone groups is 1. The first kappa shape index (κ1) is 16.7. The van der Waals surface area contributed by atoms with Crippen molar-refractivity contribution in [3.05, 3.63) is 72.1 Å². The molecule has 0 aliphatic heterocycles. The van der Waals surface area contributed by atoms with Gasteiger partial charge in [0.25, 0.3) is 0 Å². The zero-order valence-corrected chi connectivity index (χ0v) is 14.4. The summed E-state index contributed by atoms with van der Waals surface area (Å²) in [6, 6.07) is 17.8. The topological polar surface area (TPSA) is 80.0 Å². The van der Waals surface area contributed by atoms with E-state index in [4.69, 9.17) is 12.2 Å². The van der Waals surface area contributed by atoms with Crippen LogP contribution in [0.4, 0.5) is 0 Å². The molecular weight excluding hydrogens is 334 g/mol. The summed E-state index contributed by atoms with van der Waals surface area (Å²) in [5.41, 5.74) is 6.64. The van der Waals surface area contributed by atoms with Gasteiger partial charge in [-0.2, -0.15) is 5.10 Å². The molecule has 126 valence electrons. The highest BCUT2D eigenvalue weighted by atomic mass is 32.1. The van der Waals surface area contributed by atoms with Crippen molar-refractivity contribution in [2.75, 3.05) is 0 Å². The van der Waals surface area contributed by atoms with Crippen LogP contribution >= 0.6 is 12.2 Å². The molecule has 8 heteroatoms. The summed E-state index contributed by atoms with van der Waals surface area (Å²) in [7, 11) is 0. The van der Waals surface area contributed by atoms with Crippen LogP contribution in [0, 0.1) is 0 Å². The molecule has 0 aliphatic carbocycles. The van der Waals surface area contributed by atoms with Gasteiger partial charge in [-0.1, -0.05) is 42.5 Å². The second-order valence-corrected chi connectivity index (χ2v) is 5.69. The summed E-state index contributed by atoms with van der Waals surface area (Å²) in [5.74, 6) is 0. The standard InChI is InChI=1S/C17H17N7S/c1-13(15-8-5-9-16(10-15)24-12-19-22-23-24)20-21-17(25)18-11-14-6-3-2-4-7-14/h2-10,12H,11H2,1H3,(H2,18,21,25)/b20-13-. The molecule has 7 nitrogen and oxygen atoms in total. The van der Waals surface area contributed by atoms with E-state index in [0.717, 1.165) is 22.5 Å². The molecule has 2 aromatic carbocycles. The smallest absolute Gasteiger partial charge is 0.187 e. The maximum Gasteiger partial charge on any atom is 0.187 e. The fourth-order valence-electron chi connectivity index (χ4n) is 2.17. The molecule has 0 radical (unpaired) electrons. The van der Waals surface area contributed by atoms with Crippen LogP contribution in [0.2, 0.25) is 0 Å². The van der Waals surface area contributed by atoms with Crippen molar-refractivity contribution in [2.45, 2.75) is 13.5 Å². The highest BCUT2D eigenvalue weighted by molar-refractivity contribution is 7.80. The molecule has 0 atom stereocenters. The van der Waals surface area contributed by atoms with Crippen LogP contribution in [0.15, 0.2) is 66.0 Å². The van der Waals surface area contributed by atoms with Crippen molar-refractivity contribution in [2.24, 2.45) is 5.10 Å². The average Bonchev–Trinajstić information content (AvgIpc) is 3.20. The van der Waals surface area contributed by atoms with Crippen LogP contribution in [0.25, 0.3) is 5.69 Å². The van der Waals surface area contributed by atoms with Crippen molar-refractivity contribution in [3.8, 4) is 5.69 Å². The van der Waals surface area contributed by atoms with Gasteiger partial charge < -0.3 is 5.32 Å². The van der Waals surface area contributed by atoms with Crippen LogP contribution in [-0.2, 0) is 6.54 Å². The quantitative estimate of drug-likeness (QED) is 0.416. The Hall–Kier alpha value is -3.13. The molecule has 0 fully saturated rings. The first-order valence-electron chi connectivity index (χ1n) is 7.68. The van der Waals surface area contributed by atoms with Crippen molar-refractivity contribution in [1.29, 1.82) is 0 Å². The number of thiocarbonyl (C=S) groups is 1.